The number of benzene rings is 2. The molecule has 0 saturated heterocycles. The smallest absolute Gasteiger partial charge is 0.314 e. The van der Waals surface area contributed by atoms with Gasteiger partial charge in [-0.15, -0.1) is 25.3 Å². The first-order chi connectivity index (χ1) is 12.4. The summed E-state index contributed by atoms with van der Waals surface area (Å²) in [5.74, 6) is 0.432. The molecule has 0 bridgehead atoms. The van der Waals surface area contributed by atoms with Crippen molar-refractivity contribution in [2.24, 2.45) is 0 Å². The molecule has 0 radical (unpaired) electrons. The predicted molar refractivity (Wildman–Crippen MR) is 105 cm³/mol. The van der Waals surface area contributed by atoms with Crippen molar-refractivity contribution < 1.29 is 29.8 Å². The number of ether oxygens (including phenoxy) is 2. The maximum absolute atomic E-state index is 8.43. The summed E-state index contributed by atoms with van der Waals surface area (Å²) >= 11 is 9.05. The van der Waals surface area contributed by atoms with E-state index in [2.05, 4.69) is 48.2 Å². The minimum atomic E-state index is -0.231. The summed E-state index contributed by atoms with van der Waals surface area (Å²) in [7, 11) is 0. The lowest BCUT2D eigenvalue weighted by molar-refractivity contribution is -0.230. The van der Waals surface area contributed by atoms with Crippen molar-refractivity contribution >= 4 is 35.1 Å². The molecule has 0 heterocycles. The van der Waals surface area contributed by atoms with Gasteiger partial charge in [-0.1, -0.05) is 24.3 Å². The van der Waals surface area contributed by atoms with Crippen LogP contribution in [0.3, 0.4) is 0 Å². The van der Waals surface area contributed by atoms with E-state index in [9.17, 15) is 0 Å². The number of thiol groups is 2. The SMILES string of the molecule is C=C(OO)Oc1ccc(/C(S)=C(/S)c2ccc(OC(=C)OO)cc2)cc1. The lowest BCUT2D eigenvalue weighted by Gasteiger charge is -2.10. The maximum Gasteiger partial charge on any atom is 0.314 e. The molecule has 0 aliphatic rings. The highest BCUT2D eigenvalue weighted by molar-refractivity contribution is 7.96. The Labute approximate surface area is 161 Å². The predicted octanol–water partition coefficient (Wildman–Crippen LogP) is 5.05. The molecular formula is C18H16O6S2. The molecule has 2 rings (SSSR count). The molecule has 0 amide bonds. The third-order valence-corrected chi connectivity index (χ3v) is 4.29. The Hall–Kier alpha value is -2.52. The Morgan fingerprint density at radius 2 is 0.962 bits per heavy atom. The van der Waals surface area contributed by atoms with E-state index < -0.39 is 0 Å². The Bertz CT molecular complexity index is 743. The summed E-state index contributed by atoms with van der Waals surface area (Å²) in [4.78, 5) is 9.05. The zero-order chi connectivity index (χ0) is 19.1. The van der Waals surface area contributed by atoms with E-state index in [1.54, 1.807) is 48.5 Å². The monoisotopic (exact) mass is 392 g/mol. The van der Waals surface area contributed by atoms with Crippen molar-refractivity contribution in [1.82, 2.24) is 0 Å². The van der Waals surface area contributed by atoms with Crippen LogP contribution >= 0.6 is 25.3 Å². The first-order valence-corrected chi connectivity index (χ1v) is 8.03. The van der Waals surface area contributed by atoms with Gasteiger partial charge < -0.3 is 19.2 Å². The molecule has 0 spiro atoms. The average molecular weight is 392 g/mol. The zero-order valence-electron chi connectivity index (χ0n) is 13.5. The average Bonchev–Trinajstić information content (AvgIpc) is 2.67. The van der Waals surface area contributed by atoms with Gasteiger partial charge in [-0.25, -0.2) is 0 Å². The standard InChI is InChI=1S/C18H16O6S2/c1-11(23-19)21-15-7-3-13(4-8-15)17(25)18(26)14-5-9-16(10-6-14)22-12(2)24-20/h3-10,19-20,25-26H,1-2H2/b18-17-. The van der Waals surface area contributed by atoms with Gasteiger partial charge >= 0.3 is 11.9 Å². The molecule has 0 aromatic heterocycles. The molecule has 8 heteroatoms. The van der Waals surface area contributed by atoms with Gasteiger partial charge in [-0.2, -0.15) is 10.5 Å². The van der Waals surface area contributed by atoms with E-state index in [0.717, 1.165) is 11.1 Å². The van der Waals surface area contributed by atoms with Gasteiger partial charge in [0, 0.05) is 9.81 Å². The van der Waals surface area contributed by atoms with Gasteiger partial charge in [0.1, 0.15) is 11.5 Å². The molecule has 0 fully saturated rings. The van der Waals surface area contributed by atoms with Crippen LogP contribution in [0, 0.1) is 0 Å². The summed E-state index contributed by atoms with van der Waals surface area (Å²) in [5.41, 5.74) is 1.62. The van der Waals surface area contributed by atoms with E-state index in [1.165, 1.54) is 0 Å². The van der Waals surface area contributed by atoms with E-state index in [4.69, 9.17) is 20.0 Å². The fourth-order valence-electron chi connectivity index (χ4n) is 1.94. The molecule has 0 aliphatic heterocycles. The minimum Gasteiger partial charge on any atom is -0.425 e. The van der Waals surface area contributed by atoms with Crippen LogP contribution in [0.2, 0.25) is 0 Å². The van der Waals surface area contributed by atoms with Gasteiger partial charge in [-0.3, -0.25) is 0 Å². The summed E-state index contributed by atoms with van der Waals surface area (Å²) in [6.07, 6.45) is 0. The molecular weight excluding hydrogens is 376 g/mol. The normalized spacial score (nSPS) is 11.2. The fraction of sp³-hybridized carbons (Fsp3) is 0. The lowest BCUT2D eigenvalue weighted by atomic mass is 10.1. The topological polar surface area (TPSA) is 77.4 Å². The highest BCUT2D eigenvalue weighted by Crippen LogP contribution is 2.33. The van der Waals surface area contributed by atoms with Crippen LogP contribution < -0.4 is 9.47 Å². The number of hydrogen-bond donors (Lipinski definition) is 4. The van der Waals surface area contributed by atoms with E-state index in [0.29, 0.717) is 21.3 Å². The Kier molecular flexibility index (Phi) is 7.05. The van der Waals surface area contributed by atoms with Crippen molar-refractivity contribution in [2.75, 3.05) is 0 Å². The summed E-state index contributed by atoms with van der Waals surface area (Å²) in [5, 5.41) is 16.9. The molecule has 2 aromatic carbocycles. The van der Waals surface area contributed by atoms with Crippen molar-refractivity contribution in [1.29, 1.82) is 0 Å². The third-order valence-electron chi connectivity index (χ3n) is 3.15. The molecule has 2 N–H and O–H groups in total. The number of rotatable bonds is 8. The maximum atomic E-state index is 8.43. The summed E-state index contributed by atoms with van der Waals surface area (Å²) < 4.78 is 10.2. The molecule has 26 heavy (non-hydrogen) atoms. The minimum absolute atomic E-state index is 0.231. The van der Waals surface area contributed by atoms with Crippen LogP contribution in [0.25, 0.3) is 9.81 Å². The third kappa shape index (κ3) is 5.24. The van der Waals surface area contributed by atoms with Gasteiger partial charge in [-0.05, 0) is 48.6 Å². The molecule has 0 saturated carbocycles. The van der Waals surface area contributed by atoms with Crippen molar-refractivity contribution in [3.63, 3.8) is 0 Å². The molecule has 2 aromatic rings. The Morgan fingerprint density at radius 1 is 0.654 bits per heavy atom. The summed E-state index contributed by atoms with van der Waals surface area (Å²) in [6.45, 7) is 6.71. The second kappa shape index (κ2) is 9.25. The van der Waals surface area contributed by atoms with E-state index >= 15 is 0 Å². The highest BCUT2D eigenvalue weighted by atomic mass is 32.1. The number of hydrogen-bond acceptors (Lipinski definition) is 8. The van der Waals surface area contributed by atoms with Crippen LogP contribution in [0.15, 0.2) is 73.6 Å². The van der Waals surface area contributed by atoms with Crippen LogP contribution in [0.1, 0.15) is 11.1 Å². The largest absolute Gasteiger partial charge is 0.425 e. The summed E-state index contributed by atoms with van der Waals surface area (Å²) in [6, 6.07) is 13.8. The molecule has 136 valence electrons. The van der Waals surface area contributed by atoms with Crippen LogP contribution in [0.5, 0.6) is 11.5 Å². The molecule has 0 aliphatic carbocycles. The van der Waals surface area contributed by atoms with Crippen LogP contribution in [0.4, 0.5) is 0 Å². The van der Waals surface area contributed by atoms with Gasteiger partial charge in [0.15, 0.2) is 0 Å². The van der Waals surface area contributed by atoms with Gasteiger partial charge in [0.25, 0.3) is 0 Å². The Balaban J connectivity index is 2.17. The van der Waals surface area contributed by atoms with Crippen molar-refractivity contribution in [2.45, 2.75) is 0 Å². The molecule has 0 unspecified atom stereocenters. The first kappa shape index (κ1) is 19.8. The van der Waals surface area contributed by atoms with Gasteiger partial charge in [0.05, 0.1) is 0 Å². The molecule has 0 atom stereocenters. The first-order valence-electron chi connectivity index (χ1n) is 7.14. The second-order valence-corrected chi connectivity index (χ2v) is 5.77. The van der Waals surface area contributed by atoms with Crippen LogP contribution in [-0.4, -0.2) is 10.5 Å². The Morgan fingerprint density at radius 3 is 1.23 bits per heavy atom. The zero-order valence-corrected chi connectivity index (χ0v) is 15.2. The highest BCUT2D eigenvalue weighted by Gasteiger charge is 2.08. The lowest BCUT2D eigenvalue weighted by Crippen LogP contribution is -1.96. The quantitative estimate of drug-likeness (QED) is 0.166. The van der Waals surface area contributed by atoms with Gasteiger partial charge in [0.2, 0.25) is 0 Å². The second-order valence-electron chi connectivity index (χ2n) is 4.88. The van der Waals surface area contributed by atoms with E-state index in [-0.39, 0.29) is 11.9 Å². The van der Waals surface area contributed by atoms with Crippen molar-refractivity contribution in [3.05, 3.63) is 84.7 Å². The van der Waals surface area contributed by atoms with Crippen LogP contribution in [-0.2, 0) is 9.78 Å². The molecule has 6 nitrogen and oxygen atoms in total. The van der Waals surface area contributed by atoms with Crippen molar-refractivity contribution in [3.8, 4) is 11.5 Å². The fourth-order valence-corrected chi connectivity index (χ4v) is 2.49. The van der Waals surface area contributed by atoms with E-state index in [1.807, 2.05) is 0 Å².